The van der Waals surface area contributed by atoms with Crippen molar-refractivity contribution in [3.8, 4) is 5.69 Å². The lowest BCUT2D eigenvalue weighted by Gasteiger charge is -2.12. The zero-order valence-corrected chi connectivity index (χ0v) is 16.4. The van der Waals surface area contributed by atoms with Gasteiger partial charge in [-0.2, -0.15) is 0 Å². The molecule has 0 radical (unpaired) electrons. The van der Waals surface area contributed by atoms with Crippen LogP contribution in [0, 0.1) is 27.7 Å². The minimum absolute atomic E-state index is 0.0288. The summed E-state index contributed by atoms with van der Waals surface area (Å²) in [4.78, 5) is 16.8. The molecule has 0 fully saturated rings. The third-order valence-electron chi connectivity index (χ3n) is 4.22. The Morgan fingerprint density at radius 1 is 1.04 bits per heavy atom. The van der Waals surface area contributed by atoms with Crippen LogP contribution >= 0.6 is 11.8 Å². The van der Waals surface area contributed by atoms with E-state index in [0.717, 1.165) is 27.7 Å². The van der Waals surface area contributed by atoms with Gasteiger partial charge in [-0.15, -0.1) is 0 Å². The number of amides is 1. The van der Waals surface area contributed by atoms with Gasteiger partial charge in [-0.05, 0) is 56.5 Å². The van der Waals surface area contributed by atoms with Gasteiger partial charge in [0.15, 0.2) is 5.16 Å². The lowest BCUT2D eigenvalue weighted by atomic mass is 10.1. The topological polar surface area (TPSA) is 46.9 Å². The zero-order chi connectivity index (χ0) is 18.7. The normalized spacial score (nSPS) is 10.8. The van der Waals surface area contributed by atoms with Crippen molar-refractivity contribution in [2.75, 3.05) is 11.1 Å². The molecule has 1 heterocycles. The van der Waals surface area contributed by atoms with E-state index >= 15 is 0 Å². The first-order valence-electron chi connectivity index (χ1n) is 8.55. The predicted molar refractivity (Wildman–Crippen MR) is 108 cm³/mol. The number of hydrogen-bond acceptors (Lipinski definition) is 3. The van der Waals surface area contributed by atoms with E-state index in [0.29, 0.717) is 5.75 Å². The molecule has 0 aliphatic heterocycles. The fourth-order valence-corrected chi connectivity index (χ4v) is 3.61. The number of hydrogen-bond donors (Lipinski definition) is 1. The lowest BCUT2D eigenvalue weighted by molar-refractivity contribution is -0.113. The standard InChI is InChI=1S/C21H23N3OS/c1-14-6-8-19(17(4)11-14)24-10-9-22-21(24)26-13-20(25)23-18-12-15(2)5-7-16(18)3/h5-12H,13H2,1-4H3,(H,23,25). The summed E-state index contributed by atoms with van der Waals surface area (Å²) in [5.74, 6) is 0.286. The maximum Gasteiger partial charge on any atom is 0.234 e. The molecule has 1 aromatic heterocycles. The number of nitrogens with zero attached hydrogens (tertiary/aromatic N) is 2. The molecule has 134 valence electrons. The van der Waals surface area contributed by atoms with Crippen molar-refractivity contribution in [1.29, 1.82) is 0 Å². The second-order valence-electron chi connectivity index (χ2n) is 6.52. The van der Waals surface area contributed by atoms with E-state index in [1.807, 2.05) is 42.8 Å². The third kappa shape index (κ3) is 4.17. The van der Waals surface area contributed by atoms with Crippen LogP contribution < -0.4 is 5.32 Å². The molecule has 0 bridgehead atoms. The van der Waals surface area contributed by atoms with Crippen LogP contribution in [0.2, 0.25) is 0 Å². The molecule has 0 saturated heterocycles. The highest BCUT2D eigenvalue weighted by atomic mass is 32.2. The number of carbonyl (C=O) groups is 1. The van der Waals surface area contributed by atoms with Crippen LogP contribution in [0.3, 0.4) is 0 Å². The molecular weight excluding hydrogens is 342 g/mol. The minimum Gasteiger partial charge on any atom is -0.325 e. The number of rotatable bonds is 5. The van der Waals surface area contributed by atoms with Gasteiger partial charge in [-0.3, -0.25) is 9.36 Å². The molecule has 4 nitrogen and oxygen atoms in total. The number of anilines is 1. The molecule has 0 saturated carbocycles. The summed E-state index contributed by atoms with van der Waals surface area (Å²) >= 11 is 1.44. The molecule has 3 aromatic rings. The molecule has 0 spiro atoms. The van der Waals surface area contributed by atoms with Crippen molar-refractivity contribution in [3.63, 3.8) is 0 Å². The van der Waals surface area contributed by atoms with Crippen LogP contribution in [0.15, 0.2) is 53.9 Å². The monoisotopic (exact) mass is 365 g/mol. The zero-order valence-electron chi connectivity index (χ0n) is 15.5. The van der Waals surface area contributed by atoms with Gasteiger partial charge in [0.2, 0.25) is 5.91 Å². The number of carbonyl (C=O) groups excluding carboxylic acids is 1. The van der Waals surface area contributed by atoms with Gasteiger partial charge in [0, 0.05) is 18.1 Å². The summed E-state index contributed by atoms with van der Waals surface area (Å²) in [5, 5.41) is 3.81. The molecule has 26 heavy (non-hydrogen) atoms. The first kappa shape index (κ1) is 18.3. The van der Waals surface area contributed by atoms with Gasteiger partial charge in [-0.1, -0.05) is 41.6 Å². The quantitative estimate of drug-likeness (QED) is 0.658. The molecule has 1 amide bonds. The van der Waals surface area contributed by atoms with Crippen molar-refractivity contribution in [1.82, 2.24) is 9.55 Å². The number of imidazole rings is 1. The van der Waals surface area contributed by atoms with Crippen LogP contribution in [0.4, 0.5) is 5.69 Å². The third-order valence-corrected chi connectivity index (χ3v) is 5.18. The van der Waals surface area contributed by atoms with Gasteiger partial charge < -0.3 is 5.32 Å². The summed E-state index contributed by atoms with van der Waals surface area (Å²) in [6.07, 6.45) is 3.70. The Labute approximate surface area is 158 Å². The summed E-state index contributed by atoms with van der Waals surface area (Å²) in [5.41, 5.74) is 6.56. The number of aromatic nitrogens is 2. The summed E-state index contributed by atoms with van der Waals surface area (Å²) in [7, 11) is 0. The van der Waals surface area contributed by atoms with Gasteiger partial charge in [0.1, 0.15) is 0 Å². The Bertz CT molecular complexity index is 946. The number of aryl methyl sites for hydroxylation is 4. The van der Waals surface area contributed by atoms with Crippen molar-refractivity contribution < 1.29 is 4.79 Å². The van der Waals surface area contributed by atoms with Crippen LogP contribution in [-0.2, 0) is 4.79 Å². The maximum absolute atomic E-state index is 12.4. The predicted octanol–water partition coefficient (Wildman–Crippen LogP) is 4.84. The number of benzene rings is 2. The number of nitrogens with one attached hydrogen (secondary N) is 1. The van der Waals surface area contributed by atoms with Crippen molar-refractivity contribution >= 4 is 23.4 Å². The van der Waals surface area contributed by atoms with Crippen LogP contribution in [0.1, 0.15) is 22.3 Å². The average Bonchev–Trinajstić information content (AvgIpc) is 3.04. The van der Waals surface area contributed by atoms with E-state index in [4.69, 9.17) is 0 Å². The first-order valence-corrected chi connectivity index (χ1v) is 9.53. The van der Waals surface area contributed by atoms with Gasteiger partial charge in [0.25, 0.3) is 0 Å². The summed E-state index contributed by atoms with van der Waals surface area (Å²) in [6.45, 7) is 8.18. The fourth-order valence-electron chi connectivity index (χ4n) is 2.84. The molecule has 2 aromatic carbocycles. The first-order chi connectivity index (χ1) is 12.4. The van der Waals surface area contributed by atoms with E-state index in [-0.39, 0.29) is 5.91 Å². The Morgan fingerprint density at radius 2 is 1.77 bits per heavy atom. The van der Waals surface area contributed by atoms with E-state index in [2.05, 4.69) is 42.3 Å². The van der Waals surface area contributed by atoms with Crippen LogP contribution in [-0.4, -0.2) is 21.2 Å². The van der Waals surface area contributed by atoms with E-state index in [1.54, 1.807) is 6.20 Å². The SMILES string of the molecule is Cc1ccc(-n2ccnc2SCC(=O)Nc2cc(C)ccc2C)c(C)c1. The largest absolute Gasteiger partial charge is 0.325 e. The molecular formula is C21H23N3OS. The molecule has 3 rings (SSSR count). The minimum atomic E-state index is -0.0288. The molecule has 1 N–H and O–H groups in total. The van der Waals surface area contributed by atoms with Gasteiger partial charge in [-0.25, -0.2) is 4.98 Å². The van der Waals surface area contributed by atoms with Gasteiger partial charge in [0.05, 0.1) is 11.4 Å². The maximum atomic E-state index is 12.4. The molecule has 5 heteroatoms. The Morgan fingerprint density at radius 3 is 2.54 bits per heavy atom. The van der Waals surface area contributed by atoms with E-state index in [1.165, 1.54) is 22.9 Å². The highest BCUT2D eigenvalue weighted by molar-refractivity contribution is 7.99. The van der Waals surface area contributed by atoms with Crippen LogP contribution in [0.5, 0.6) is 0 Å². The summed E-state index contributed by atoms with van der Waals surface area (Å²) in [6, 6.07) is 12.4. The highest BCUT2D eigenvalue weighted by Gasteiger charge is 2.11. The molecule has 0 aliphatic rings. The molecule has 0 unspecified atom stereocenters. The second-order valence-corrected chi connectivity index (χ2v) is 7.47. The average molecular weight is 366 g/mol. The van der Waals surface area contributed by atoms with Crippen molar-refractivity contribution in [3.05, 3.63) is 71.0 Å². The lowest BCUT2D eigenvalue weighted by Crippen LogP contribution is -2.15. The molecule has 0 aliphatic carbocycles. The van der Waals surface area contributed by atoms with Crippen molar-refractivity contribution in [2.45, 2.75) is 32.9 Å². The fraction of sp³-hybridized carbons (Fsp3) is 0.238. The summed E-state index contributed by atoms with van der Waals surface area (Å²) < 4.78 is 2.03. The Balaban J connectivity index is 1.70. The van der Waals surface area contributed by atoms with Gasteiger partial charge >= 0.3 is 0 Å². The Kier molecular flexibility index (Phi) is 5.47. The van der Waals surface area contributed by atoms with E-state index < -0.39 is 0 Å². The molecule has 0 atom stereocenters. The second kappa shape index (κ2) is 7.79. The smallest absolute Gasteiger partial charge is 0.234 e. The van der Waals surface area contributed by atoms with E-state index in [9.17, 15) is 4.79 Å². The highest BCUT2D eigenvalue weighted by Crippen LogP contribution is 2.24. The Hall–Kier alpha value is -2.53. The van der Waals surface area contributed by atoms with Crippen molar-refractivity contribution in [2.24, 2.45) is 0 Å². The number of thioether (sulfide) groups is 1. The van der Waals surface area contributed by atoms with Crippen LogP contribution in [0.25, 0.3) is 5.69 Å².